The number of carbonyl (C=O) groups is 2. The van der Waals surface area contributed by atoms with Crippen LogP contribution in [0.5, 0.6) is 0 Å². The highest BCUT2D eigenvalue weighted by atomic mass is 32.2. The van der Waals surface area contributed by atoms with Crippen molar-refractivity contribution in [2.75, 3.05) is 12.3 Å². The highest BCUT2D eigenvalue weighted by Crippen LogP contribution is 2.29. The molecule has 110 valence electrons. The molecule has 1 aliphatic rings. The van der Waals surface area contributed by atoms with E-state index in [0.717, 1.165) is 31.9 Å². The number of amides is 2. The fraction of sp³-hybridized carbons (Fsp3) is 0.833. The van der Waals surface area contributed by atoms with Crippen molar-refractivity contribution in [1.82, 2.24) is 10.6 Å². The molecule has 4 N–H and O–H groups in total. The summed E-state index contributed by atoms with van der Waals surface area (Å²) in [5, 5.41) is 23.9. The zero-order valence-electron chi connectivity index (χ0n) is 11.3. The van der Waals surface area contributed by atoms with Crippen LogP contribution in [0.3, 0.4) is 0 Å². The highest BCUT2D eigenvalue weighted by molar-refractivity contribution is 7.99. The summed E-state index contributed by atoms with van der Waals surface area (Å²) in [4.78, 5) is 22.4. The third-order valence-corrected chi connectivity index (χ3v) is 4.53. The summed E-state index contributed by atoms with van der Waals surface area (Å²) in [5.74, 6) is -0.342. The number of carboxylic acid groups (broad SMARTS) is 1. The fourth-order valence-electron chi connectivity index (χ4n) is 2.05. The van der Waals surface area contributed by atoms with Gasteiger partial charge >= 0.3 is 12.0 Å². The van der Waals surface area contributed by atoms with Crippen LogP contribution >= 0.6 is 11.8 Å². The van der Waals surface area contributed by atoms with Gasteiger partial charge in [0.15, 0.2) is 5.60 Å². The number of aliphatic hydroxyl groups is 1. The monoisotopic (exact) mass is 290 g/mol. The predicted octanol–water partition coefficient (Wildman–Crippen LogP) is 0.795. The van der Waals surface area contributed by atoms with Crippen molar-refractivity contribution >= 4 is 23.8 Å². The average molecular weight is 290 g/mol. The van der Waals surface area contributed by atoms with E-state index >= 15 is 0 Å². The lowest BCUT2D eigenvalue weighted by molar-refractivity contribution is -0.155. The second kappa shape index (κ2) is 7.00. The molecule has 19 heavy (non-hydrogen) atoms. The molecule has 1 aliphatic carbocycles. The number of carbonyl (C=O) groups excluding carboxylic acids is 1. The zero-order chi connectivity index (χ0) is 14.5. The van der Waals surface area contributed by atoms with Crippen molar-refractivity contribution < 1.29 is 19.8 Å². The van der Waals surface area contributed by atoms with Crippen molar-refractivity contribution in [3.63, 3.8) is 0 Å². The van der Waals surface area contributed by atoms with Crippen LogP contribution in [0.2, 0.25) is 0 Å². The summed E-state index contributed by atoms with van der Waals surface area (Å²) < 4.78 is 0. The standard InChI is InChI=1S/C12H22N2O4S/c1-3-19-9-6-4-5-8(9)14-11(17)13-7-12(2,18)10(15)16/h8-9,18H,3-7H2,1-2H3,(H,15,16)(H2,13,14,17). The molecule has 0 aromatic carbocycles. The summed E-state index contributed by atoms with van der Waals surface area (Å²) in [6.07, 6.45) is 3.13. The van der Waals surface area contributed by atoms with E-state index in [0.29, 0.717) is 5.25 Å². The Morgan fingerprint density at radius 1 is 1.42 bits per heavy atom. The number of urea groups is 1. The van der Waals surface area contributed by atoms with Gasteiger partial charge in [-0.1, -0.05) is 13.3 Å². The van der Waals surface area contributed by atoms with Gasteiger partial charge < -0.3 is 20.8 Å². The minimum absolute atomic E-state index is 0.125. The van der Waals surface area contributed by atoms with Crippen LogP contribution in [0.25, 0.3) is 0 Å². The topological polar surface area (TPSA) is 98.7 Å². The van der Waals surface area contributed by atoms with Crippen LogP contribution in [0.15, 0.2) is 0 Å². The van der Waals surface area contributed by atoms with Gasteiger partial charge in [-0.05, 0) is 25.5 Å². The van der Waals surface area contributed by atoms with Gasteiger partial charge in [-0.15, -0.1) is 0 Å². The molecule has 0 spiro atoms. The maximum absolute atomic E-state index is 11.7. The molecular formula is C12H22N2O4S. The molecule has 0 heterocycles. The fourth-order valence-corrected chi connectivity index (χ4v) is 3.25. The van der Waals surface area contributed by atoms with Crippen LogP contribution in [0, 0.1) is 0 Å². The van der Waals surface area contributed by atoms with Crippen LogP contribution in [-0.4, -0.2) is 51.4 Å². The Bertz CT molecular complexity index is 336. The first-order valence-corrected chi connectivity index (χ1v) is 7.53. The molecule has 7 heteroatoms. The molecule has 0 bridgehead atoms. The van der Waals surface area contributed by atoms with E-state index in [1.165, 1.54) is 0 Å². The molecule has 1 fully saturated rings. The van der Waals surface area contributed by atoms with Gasteiger partial charge in [-0.25, -0.2) is 9.59 Å². The van der Waals surface area contributed by atoms with E-state index in [1.807, 2.05) is 11.8 Å². The predicted molar refractivity (Wildman–Crippen MR) is 74.4 cm³/mol. The third kappa shape index (κ3) is 4.91. The Morgan fingerprint density at radius 3 is 2.68 bits per heavy atom. The van der Waals surface area contributed by atoms with Gasteiger partial charge in [0.25, 0.3) is 0 Å². The summed E-state index contributed by atoms with van der Waals surface area (Å²) in [6.45, 7) is 2.93. The Kier molecular flexibility index (Phi) is 5.93. The highest BCUT2D eigenvalue weighted by Gasteiger charge is 2.32. The molecule has 0 aliphatic heterocycles. The third-order valence-electron chi connectivity index (χ3n) is 3.20. The number of nitrogens with one attached hydrogen (secondary N) is 2. The second-order valence-corrected chi connectivity index (χ2v) is 6.45. The molecule has 2 amide bonds. The maximum Gasteiger partial charge on any atom is 0.337 e. The van der Waals surface area contributed by atoms with Crippen LogP contribution in [0.1, 0.15) is 33.1 Å². The Morgan fingerprint density at radius 2 is 2.11 bits per heavy atom. The average Bonchev–Trinajstić information content (AvgIpc) is 2.75. The number of aliphatic carboxylic acids is 1. The number of thioether (sulfide) groups is 1. The van der Waals surface area contributed by atoms with Crippen molar-refractivity contribution in [2.45, 2.75) is 50.0 Å². The molecule has 0 aromatic rings. The summed E-state index contributed by atoms with van der Waals surface area (Å²) >= 11 is 1.83. The van der Waals surface area contributed by atoms with Crippen LogP contribution < -0.4 is 10.6 Å². The van der Waals surface area contributed by atoms with E-state index in [2.05, 4.69) is 17.6 Å². The Hall–Kier alpha value is -0.950. The van der Waals surface area contributed by atoms with Crippen molar-refractivity contribution in [3.8, 4) is 0 Å². The van der Waals surface area contributed by atoms with Gasteiger partial charge in [0.2, 0.25) is 0 Å². The molecule has 0 saturated heterocycles. The maximum atomic E-state index is 11.7. The largest absolute Gasteiger partial charge is 0.479 e. The van der Waals surface area contributed by atoms with Gasteiger partial charge in [0.1, 0.15) is 0 Å². The van der Waals surface area contributed by atoms with E-state index in [1.54, 1.807) is 0 Å². The summed E-state index contributed by atoms with van der Waals surface area (Å²) in [7, 11) is 0. The molecular weight excluding hydrogens is 268 g/mol. The molecule has 3 atom stereocenters. The van der Waals surface area contributed by atoms with Crippen molar-refractivity contribution in [1.29, 1.82) is 0 Å². The van der Waals surface area contributed by atoms with Crippen molar-refractivity contribution in [2.24, 2.45) is 0 Å². The minimum atomic E-state index is -1.94. The SMILES string of the molecule is CCSC1CCCC1NC(=O)NCC(C)(O)C(=O)O. The molecule has 0 aromatic heterocycles. The molecule has 0 radical (unpaired) electrons. The normalized spacial score (nSPS) is 25.6. The van der Waals surface area contributed by atoms with Gasteiger partial charge in [-0.2, -0.15) is 11.8 Å². The molecule has 1 saturated carbocycles. The van der Waals surface area contributed by atoms with E-state index < -0.39 is 17.6 Å². The number of hydrogen-bond acceptors (Lipinski definition) is 4. The first kappa shape index (κ1) is 16.1. The van der Waals surface area contributed by atoms with E-state index in [9.17, 15) is 14.7 Å². The van der Waals surface area contributed by atoms with E-state index in [-0.39, 0.29) is 12.6 Å². The summed E-state index contributed by atoms with van der Waals surface area (Å²) in [5.41, 5.74) is -1.94. The number of carboxylic acids is 1. The van der Waals surface area contributed by atoms with Gasteiger partial charge in [0, 0.05) is 11.3 Å². The Labute approximate surface area is 117 Å². The number of rotatable bonds is 6. The molecule has 1 rings (SSSR count). The van der Waals surface area contributed by atoms with Gasteiger partial charge in [0.05, 0.1) is 6.54 Å². The molecule has 3 unspecified atom stereocenters. The van der Waals surface area contributed by atoms with E-state index in [4.69, 9.17) is 5.11 Å². The lowest BCUT2D eigenvalue weighted by Gasteiger charge is -2.22. The first-order valence-electron chi connectivity index (χ1n) is 6.48. The van der Waals surface area contributed by atoms with Gasteiger partial charge in [-0.3, -0.25) is 0 Å². The lowest BCUT2D eigenvalue weighted by Crippen LogP contribution is -2.51. The Balaban J connectivity index is 2.37. The second-order valence-electron chi connectivity index (χ2n) is 4.94. The number of hydrogen-bond donors (Lipinski definition) is 4. The minimum Gasteiger partial charge on any atom is -0.479 e. The van der Waals surface area contributed by atoms with Crippen molar-refractivity contribution in [3.05, 3.63) is 0 Å². The summed E-state index contributed by atoms with van der Waals surface area (Å²) in [6, 6.07) is -0.296. The lowest BCUT2D eigenvalue weighted by atomic mass is 10.1. The van der Waals surface area contributed by atoms with Crippen LogP contribution in [-0.2, 0) is 4.79 Å². The van der Waals surface area contributed by atoms with Crippen LogP contribution in [0.4, 0.5) is 4.79 Å². The quantitative estimate of drug-likeness (QED) is 0.580. The smallest absolute Gasteiger partial charge is 0.337 e. The molecule has 6 nitrogen and oxygen atoms in total. The first-order chi connectivity index (χ1) is 8.86. The zero-order valence-corrected chi connectivity index (χ0v) is 12.1.